The van der Waals surface area contributed by atoms with Gasteiger partial charge in [-0.2, -0.15) is 0 Å². The van der Waals surface area contributed by atoms with E-state index in [1.807, 2.05) is 31.7 Å². The van der Waals surface area contributed by atoms with Crippen LogP contribution >= 0.6 is 0 Å². The van der Waals surface area contributed by atoms with Crippen LogP contribution in [0.1, 0.15) is 39.2 Å². The average Bonchev–Trinajstić information content (AvgIpc) is 2.72. The van der Waals surface area contributed by atoms with Gasteiger partial charge in [0, 0.05) is 52.4 Å². The second kappa shape index (κ2) is 10.2. The number of piperidine rings is 1. The molecule has 0 aliphatic carbocycles. The molecule has 3 amide bonds. The Morgan fingerprint density at radius 1 is 0.967 bits per heavy atom. The van der Waals surface area contributed by atoms with Crippen molar-refractivity contribution in [3.05, 3.63) is 35.9 Å². The van der Waals surface area contributed by atoms with Crippen molar-refractivity contribution in [3.63, 3.8) is 0 Å². The van der Waals surface area contributed by atoms with Crippen LogP contribution in [0.3, 0.4) is 0 Å². The molecule has 2 saturated heterocycles. The number of rotatable bonds is 4. The standard InChI is InChI=1S/C23H36N4O3/c1-23(2,3)30-22(29)27-11-9-19(10-12-27)17-24-21(28)26-15-13-25(14-16-26)18-20-7-5-4-6-8-20/h4-8,19H,9-18H2,1-3H3,(H,24,28). The van der Waals surface area contributed by atoms with Gasteiger partial charge in [-0.25, -0.2) is 9.59 Å². The number of nitrogens with zero attached hydrogens (tertiary/aromatic N) is 3. The Hall–Kier alpha value is -2.28. The smallest absolute Gasteiger partial charge is 0.410 e. The molecule has 2 aliphatic heterocycles. The van der Waals surface area contributed by atoms with Gasteiger partial charge in [-0.15, -0.1) is 0 Å². The molecule has 0 aromatic heterocycles. The van der Waals surface area contributed by atoms with Gasteiger partial charge in [0.05, 0.1) is 0 Å². The summed E-state index contributed by atoms with van der Waals surface area (Å²) in [7, 11) is 0. The number of carbonyl (C=O) groups excluding carboxylic acids is 2. The van der Waals surface area contributed by atoms with E-state index in [4.69, 9.17) is 4.74 Å². The van der Waals surface area contributed by atoms with E-state index in [2.05, 4.69) is 34.5 Å². The van der Waals surface area contributed by atoms with Crippen LogP contribution in [-0.2, 0) is 11.3 Å². The summed E-state index contributed by atoms with van der Waals surface area (Å²) in [5.74, 6) is 0.409. The van der Waals surface area contributed by atoms with E-state index < -0.39 is 5.60 Å². The second-order valence-corrected chi connectivity index (χ2v) is 9.35. The number of hydrogen-bond donors (Lipinski definition) is 1. The highest BCUT2D eigenvalue weighted by molar-refractivity contribution is 5.74. The van der Waals surface area contributed by atoms with Crippen molar-refractivity contribution in [3.8, 4) is 0 Å². The molecule has 0 saturated carbocycles. The molecule has 0 spiro atoms. The van der Waals surface area contributed by atoms with Crippen LogP contribution in [0.25, 0.3) is 0 Å². The number of urea groups is 1. The Kier molecular flexibility index (Phi) is 7.58. The molecular weight excluding hydrogens is 380 g/mol. The molecule has 7 heteroatoms. The highest BCUT2D eigenvalue weighted by Crippen LogP contribution is 2.19. The zero-order chi connectivity index (χ0) is 21.6. The van der Waals surface area contributed by atoms with Crippen LogP contribution in [0.5, 0.6) is 0 Å². The van der Waals surface area contributed by atoms with Crippen LogP contribution in [0, 0.1) is 5.92 Å². The quantitative estimate of drug-likeness (QED) is 0.819. The molecule has 2 aliphatic rings. The molecule has 2 heterocycles. The maximum absolute atomic E-state index is 12.5. The minimum absolute atomic E-state index is 0.0314. The lowest BCUT2D eigenvalue weighted by Gasteiger charge is -2.36. The molecule has 1 aromatic carbocycles. The Balaban J connectivity index is 1.32. The first-order valence-corrected chi connectivity index (χ1v) is 11.1. The van der Waals surface area contributed by atoms with Gasteiger partial charge in [-0.05, 0) is 45.1 Å². The van der Waals surface area contributed by atoms with Gasteiger partial charge in [0.15, 0.2) is 0 Å². The van der Waals surface area contributed by atoms with E-state index in [0.29, 0.717) is 25.6 Å². The van der Waals surface area contributed by atoms with Crippen molar-refractivity contribution in [2.24, 2.45) is 5.92 Å². The fraction of sp³-hybridized carbons (Fsp3) is 0.652. The molecule has 1 N–H and O–H groups in total. The fourth-order valence-corrected chi connectivity index (χ4v) is 3.94. The van der Waals surface area contributed by atoms with E-state index in [-0.39, 0.29) is 12.1 Å². The summed E-state index contributed by atoms with van der Waals surface area (Å²) >= 11 is 0. The molecule has 166 valence electrons. The molecule has 0 atom stereocenters. The maximum Gasteiger partial charge on any atom is 0.410 e. The minimum Gasteiger partial charge on any atom is -0.444 e. The van der Waals surface area contributed by atoms with Crippen molar-refractivity contribution in [2.75, 3.05) is 45.8 Å². The lowest BCUT2D eigenvalue weighted by molar-refractivity contribution is 0.0184. The largest absolute Gasteiger partial charge is 0.444 e. The summed E-state index contributed by atoms with van der Waals surface area (Å²) in [6.07, 6.45) is 1.55. The predicted molar refractivity (Wildman–Crippen MR) is 117 cm³/mol. The van der Waals surface area contributed by atoms with Crippen molar-refractivity contribution in [1.82, 2.24) is 20.0 Å². The summed E-state index contributed by atoms with van der Waals surface area (Å²) < 4.78 is 5.44. The average molecular weight is 417 g/mol. The van der Waals surface area contributed by atoms with Crippen LogP contribution in [-0.4, -0.2) is 78.2 Å². The lowest BCUT2D eigenvalue weighted by atomic mass is 9.97. The van der Waals surface area contributed by atoms with Crippen LogP contribution in [0.2, 0.25) is 0 Å². The minimum atomic E-state index is -0.465. The monoisotopic (exact) mass is 416 g/mol. The van der Waals surface area contributed by atoms with Gasteiger partial charge in [-0.1, -0.05) is 30.3 Å². The van der Waals surface area contributed by atoms with Crippen molar-refractivity contribution in [2.45, 2.75) is 45.8 Å². The molecule has 0 bridgehead atoms. The van der Waals surface area contributed by atoms with Crippen molar-refractivity contribution in [1.29, 1.82) is 0 Å². The third-order valence-electron chi connectivity index (χ3n) is 5.72. The van der Waals surface area contributed by atoms with E-state index in [9.17, 15) is 9.59 Å². The molecule has 0 radical (unpaired) electrons. The van der Waals surface area contributed by atoms with Crippen LogP contribution in [0.4, 0.5) is 9.59 Å². The van der Waals surface area contributed by atoms with E-state index in [1.165, 1.54) is 5.56 Å². The number of benzene rings is 1. The maximum atomic E-state index is 12.5. The number of carbonyl (C=O) groups is 2. The Morgan fingerprint density at radius 2 is 1.60 bits per heavy atom. The lowest BCUT2D eigenvalue weighted by Crippen LogP contribution is -2.52. The zero-order valence-electron chi connectivity index (χ0n) is 18.6. The molecule has 2 fully saturated rings. The van der Waals surface area contributed by atoms with E-state index in [1.54, 1.807) is 4.90 Å². The van der Waals surface area contributed by atoms with Gasteiger partial charge in [0.1, 0.15) is 5.60 Å². The molecular formula is C23H36N4O3. The third kappa shape index (κ3) is 6.90. The summed E-state index contributed by atoms with van der Waals surface area (Å²) in [5.41, 5.74) is 0.848. The number of hydrogen-bond acceptors (Lipinski definition) is 4. The van der Waals surface area contributed by atoms with E-state index in [0.717, 1.165) is 45.6 Å². The number of likely N-dealkylation sites (tertiary alicyclic amines) is 1. The molecule has 7 nitrogen and oxygen atoms in total. The number of ether oxygens (including phenoxy) is 1. The molecule has 1 aromatic rings. The normalized spacial score (nSPS) is 18.9. The SMILES string of the molecule is CC(C)(C)OC(=O)N1CCC(CNC(=O)N2CCN(Cc3ccccc3)CC2)CC1. The first-order valence-electron chi connectivity index (χ1n) is 11.1. The van der Waals surface area contributed by atoms with Gasteiger partial charge in [-0.3, -0.25) is 4.90 Å². The topological polar surface area (TPSA) is 65.1 Å². The second-order valence-electron chi connectivity index (χ2n) is 9.35. The Labute approximate surface area is 180 Å². The predicted octanol–water partition coefficient (Wildman–Crippen LogP) is 3.16. The molecule has 0 unspecified atom stereocenters. The Morgan fingerprint density at radius 3 is 2.20 bits per heavy atom. The first-order chi connectivity index (χ1) is 14.3. The Bertz CT molecular complexity index is 688. The third-order valence-corrected chi connectivity index (χ3v) is 5.72. The molecule has 3 rings (SSSR count). The highest BCUT2D eigenvalue weighted by atomic mass is 16.6. The van der Waals surface area contributed by atoms with Crippen LogP contribution in [0.15, 0.2) is 30.3 Å². The summed E-state index contributed by atoms with van der Waals surface area (Å²) in [4.78, 5) is 30.8. The fourth-order valence-electron chi connectivity index (χ4n) is 3.94. The number of piperazine rings is 1. The van der Waals surface area contributed by atoms with E-state index >= 15 is 0 Å². The van der Waals surface area contributed by atoms with Crippen molar-refractivity contribution >= 4 is 12.1 Å². The van der Waals surface area contributed by atoms with Crippen LogP contribution < -0.4 is 5.32 Å². The summed E-state index contributed by atoms with van der Waals surface area (Å²) in [6.45, 7) is 12.0. The van der Waals surface area contributed by atoms with Crippen molar-refractivity contribution < 1.29 is 14.3 Å². The van der Waals surface area contributed by atoms with Gasteiger partial charge >= 0.3 is 12.1 Å². The van der Waals surface area contributed by atoms with Gasteiger partial charge in [0.25, 0.3) is 0 Å². The summed E-state index contributed by atoms with van der Waals surface area (Å²) in [6, 6.07) is 10.5. The van der Waals surface area contributed by atoms with Gasteiger partial charge in [0.2, 0.25) is 0 Å². The number of nitrogens with one attached hydrogen (secondary N) is 1. The number of amides is 3. The zero-order valence-corrected chi connectivity index (χ0v) is 18.6. The highest BCUT2D eigenvalue weighted by Gasteiger charge is 2.27. The summed E-state index contributed by atoms with van der Waals surface area (Å²) in [5, 5.41) is 3.10. The first kappa shape index (κ1) is 22.4. The van der Waals surface area contributed by atoms with Gasteiger partial charge < -0.3 is 19.9 Å². The molecule has 30 heavy (non-hydrogen) atoms.